The molecule has 172 valence electrons. The molecule has 0 aromatic heterocycles. The molecule has 2 rings (SSSR count). The first-order chi connectivity index (χ1) is 15.4. The summed E-state index contributed by atoms with van der Waals surface area (Å²) in [5.41, 5.74) is 0.486. The van der Waals surface area contributed by atoms with E-state index in [1.54, 1.807) is 24.3 Å². The molecule has 0 unspecified atom stereocenters. The van der Waals surface area contributed by atoms with E-state index in [-0.39, 0.29) is 17.6 Å². The second-order valence-corrected chi connectivity index (χ2v) is 8.56. The van der Waals surface area contributed by atoms with Crippen molar-refractivity contribution in [2.75, 3.05) is 6.54 Å². The van der Waals surface area contributed by atoms with Crippen LogP contribution in [0.3, 0.4) is 0 Å². The summed E-state index contributed by atoms with van der Waals surface area (Å²) >= 11 is 0. The maximum absolute atomic E-state index is 12.5. The van der Waals surface area contributed by atoms with Crippen molar-refractivity contribution in [1.82, 2.24) is 4.90 Å². The molecule has 0 N–H and O–H groups in total. The Morgan fingerprint density at radius 3 is 2.06 bits per heavy atom. The predicted molar refractivity (Wildman–Crippen MR) is 124 cm³/mol. The quantitative estimate of drug-likeness (QED) is 0.191. The summed E-state index contributed by atoms with van der Waals surface area (Å²) in [5, 5.41) is 0. The van der Waals surface area contributed by atoms with Gasteiger partial charge in [0.1, 0.15) is 11.5 Å². The highest BCUT2D eigenvalue weighted by Gasteiger charge is 2.32. The topological polar surface area (TPSA) is 68.0 Å². The van der Waals surface area contributed by atoms with Crippen molar-refractivity contribution >= 4 is 23.3 Å². The van der Waals surface area contributed by atoms with Gasteiger partial charge in [-0.2, -0.15) is 0 Å². The molecule has 0 radical (unpaired) electrons. The number of carbonyl (C=O) groups is 3. The van der Waals surface area contributed by atoms with Gasteiger partial charge in [0, 0.05) is 18.9 Å². The minimum atomic E-state index is -0.403. The summed E-state index contributed by atoms with van der Waals surface area (Å²) in [6, 6.07) is 6.44. The van der Waals surface area contributed by atoms with E-state index in [0.717, 1.165) is 38.5 Å². The Bertz CT molecular complexity index is 850. The Morgan fingerprint density at radius 1 is 0.938 bits per heavy atom. The van der Waals surface area contributed by atoms with Crippen LogP contribution in [0.5, 0.6) is 5.75 Å². The van der Waals surface area contributed by atoms with Crippen LogP contribution < -0.4 is 4.74 Å². The van der Waals surface area contributed by atoms with Gasteiger partial charge in [-0.25, -0.2) is 4.85 Å². The van der Waals surface area contributed by atoms with Crippen molar-refractivity contribution in [2.24, 2.45) is 5.92 Å². The van der Waals surface area contributed by atoms with Crippen molar-refractivity contribution < 1.29 is 19.1 Å². The van der Waals surface area contributed by atoms with Crippen LogP contribution in [0.4, 0.5) is 5.69 Å². The van der Waals surface area contributed by atoms with Gasteiger partial charge in [0.25, 0.3) is 11.8 Å². The van der Waals surface area contributed by atoms with Crippen molar-refractivity contribution in [1.29, 1.82) is 0 Å². The molecule has 1 aromatic carbocycles. The molecule has 1 aliphatic rings. The minimum absolute atomic E-state index is 0.0284. The number of hydrogen-bond donors (Lipinski definition) is 0. The summed E-state index contributed by atoms with van der Waals surface area (Å²) in [6.07, 6.45) is 11.6. The Kier molecular flexibility index (Phi) is 10.7. The van der Waals surface area contributed by atoms with Crippen LogP contribution >= 0.6 is 0 Å². The Hall–Kier alpha value is -2.94. The highest BCUT2D eigenvalue weighted by Crippen LogP contribution is 2.23. The average Bonchev–Trinajstić information content (AvgIpc) is 3.04. The van der Waals surface area contributed by atoms with Gasteiger partial charge in [0.2, 0.25) is 0 Å². The standard InChI is InChI=1S/C26H34N2O4/c1-20(2)23(29)13-11-9-7-5-4-6-8-10-12-18-28-25(30)19-24(26(28)31)32-22-16-14-21(27-3)15-17-22/h14-17,19-20H,4-13,18H2,1-2H3. The molecule has 6 nitrogen and oxygen atoms in total. The largest absolute Gasteiger partial charge is 0.451 e. The first-order valence-electron chi connectivity index (χ1n) is 11.7. The van der Waals surface area contributed by atoms with Crippen LogP contribution in [0.1, 0.15) is 78.1 Å². The molecule has 0 bridgehead atoms. The van der Waals surface area contributed by atoms with Crippen molar-refractivity contribution in [3.63, 3.8) is 0 Å². The zero-order valence-corrected chi connectivity index (χ0v) is 19.3. The number of ketones is 1. The number of Topliss-reactive ketones (excluding diaryl/α,β-unsaturated/α-hetero) is 1. The molecular formula is C26H34N2O4. The van der Waals surface area contributed by atoms with Gasteiger partial charge in [-0.05, 0) is 25.0 Å². The molecule has 2 amide bonds. The molecule has 0 spiro atoms. The second-order valence-electron chi connectivity index (χ2n) is 8.56. The van der Waals surface area contributed by atoms with Gasteiger partial charge < -0.3 is 4.74 Å². The number of ether oxygens (including phenoxy) is 1. The number of hydrogen-bond acceptors (Lipinski definition) is 4. The molecule has 0 atom stereocenters. The smallest absolute Gasteiger partial charge is 0.296 e. The molecule has 1 aliphatic heterocycles. The molecule has 0 aliphatic carbocycles. The fourth-order valence-corrected chi connectivity index (χ4v) is 3.58. The molecular weight excluding hydrogens is 404 g/mol. The van der Waals surface area contributed by atoms with Crippen molar-refractivity contribution in [2.45, 2.75) is 78.1 Å². The zero-order chi connectivity index (χ0) is 23.3. The monoisotopic (exact) mass is 438 g/mol. The number of rotatable bonds is 15. The van der Waals surface area contributed by atoms with E-state index in [1.165, 1.54) is 30.2 Å². The van der Waals surface area contributed by atoms with Gasteiger partial charge in [-0.3, -0.25) is 19.3 Å². The lowest BCUT2D eigenvalue weighted by Crippen LogP contribution is -2.32. The van der Waals surface area contributed by atoms with Crippen LogP contribution in [0.2, 0.25) is 0 Å². The second kappa shape index (κ2) is 13.5. The van der Waals surface area contributed by atoms with Crippen molar-refractivity contribution in [3.8, 4) is 5.75 Å². The summed E-state index contributed by atoms with van der Waals surface area (Å²) in [5.74, 6) is 0.237. The number of benzene rings is 1. The Labute approximate surface area is 191 Å². The first kappa shape index (κ1) is 25.3. The third-order valence-electron chi connectivity index (χ3n) is 5.62. The molecule has 32 heavy (non-hydrogen) atoms. The van der Waals surface area contributed by atoms with Crippen LogP contribution in [0.25, 0.3) is 4.85 Å². The highest BCUT2D eigenvalue weighted by atomic mass is 16.5. The lowest BCUT2D eigenvalue weighted by molar-refractivity contribution is -0.138. The van der Waals surface area contributed by atoms with E-state index in [4.69, 9.17) is 11.3 Å². The number of unbranched alkanes of at least 4 members (excludes halogenated alkanes) is 8. The van der Waals surface area contributed by atoms with Crippen LogP contribution in [0.15, 0.2) is 36.1 Å². The maximum atomic E-state index is 12.5. The SMILES string of the molecule is [C-]#[N+]c1ccc(OC2=CC(=O)N(CCCCCCCCCCCC(=O)C(C)C)C2=O)cc1. The summed E-state index contributed by atoms with van der Waals surface area (Å²) < 4.78 is 5.54. The molecule has 1 aromatic rings. The minimum Gasteiger partial charge on any atom is -0.451 e. The van der Waals surface area contributed by atoms with E-state index >= 15 is 0 Å². The summed E-state index contributed by atoms with van der Waals surface area (Å²) in [4.78, 5) is 40.7. The summed E-state index contributed by atoms with van der Waals surface area (Å²) in [7, 11) is 0. The van der Waals surface area contributed by atoms with E-state index in [1.807, 2.05) is 13.8 Å². The molecule has 0 saturated carbocycles. The first-order valence-corrected chi connectivity index (χ1v) is 11.7. The highest BCUT2D eigenvalue weighted by molar-refractivity contribution is 6.15. The van der Waals surface area contributed by atoms with Gasteiger partial charge in [0.15, 0.2) is 11.4 Å². The molecule has 6 heteroatoms. The average molecular weight is 439 g/mol. The predicted octanol–water partition coefficient (Wildman–Crippen LogP) is 5.99. The number of imide groups is 1. The van der Waals surface area contributed by atoms with Gasteiger partial charge in [0.05, 0.1) is 12.6 Å². The lowest BCUT2D eigenvalue weighted by Gasteiger charge is -2.14. The number of nitrogens with zero attached hydrogens (tertiary/aromatic N) is 2. The summed E-state index contributed by atoms with van der Waals surface area (Å²) in [6.45, 7) is 11.3. The Balaban J connectivity index is 1.54. The number of carbonyl (C=O) groups excluding carboxylic acids is 3. The van der Waals surface area contributed by atoms with Crippen LogP contribution in [-0.4, -0.2) is 29.0 Å². The van der Waals surface area contributed by atoms with Crippen molar-refractivity contribution in [3.05, 3.63) is 47.5 Å². The Morgan fingerprint density at radius 2 is 1.50 bits per heavy atom. The van der Waals surface area contributed by atoms with E-state index in [2.05, 4.69) is 4.85 Å². The molecule has 0 fully saturated rings. The lowest BCUT2D eigenvalue weighted by atomic mass is 10.0. The molecule has 0 saturated heterocycles. The zero-order valence-electron chi connectivity index (χ0n) is 19.3. The number of amides is 2. The van der Waals surface area contributed by atoms with Crippen LogP contribution in [-0.2, 0) is 14.4 Å². The molecule has 1 heterocycles. The normalized spacial score (nSPS) is 13.4. The third kappa shape index (κ3) is 8.30. The van der Waals surface area contributed by atoms with Gasteiger partial charge in [-0.1, -0.05) is 70.9 Å². The fourth-order valence-electron chi connectivity index (χ4n) is 3.58. The third-order valence-corrected chi connectivity index (χ3v) is 5.62. The van der Waals surface area contributed by atoms with Crippen LogP contribution in [0, 0.1) is 12.5 Å². The van der Waals surface area contributed by atoms with Gasteiger partial charge in [-0.15, -0.1) is 0 Å². The van der Waals surface area contributed by atoms with Gasteiger partial charge >= 0.3 is 0 Å². The maximum Gasteiger partial charge on any atom is 0.296 e. The van der Waals surface area contributed by atoms with E-state index in [9.17, 15) is 14.4 Å². The van der Waals surface area contributed by atoms with E-state index < -0.39 is 5.91 Å². The fraction of sp³-hybridized carbons (Fsp3) is 0.538. The van der Waals surface area contributed by atoms with E-state index in [0.29, 0.717) is 30.2 Å².